The predicted molar refractivity (Wildman–Crippen MR) is 68.8 cm³/mol. The van der Waals surface area contributed by atoms with Crippen LogP contribution in [0.15, 0.2) is 6.07 Å². The molecule has 0 saturated heterocycles. The highest BCUT2D eigenvalue weighted by Gasteiger charge is 2.11. The van der Waals surface area contributed by atoms with Gasteiger partial charge in [0, 0.05) is 40.0 Å². The Balaban J connectivity index is 2.99. The van der Waals surface area contributed by atoms with Gasteiger partial charge in [-0.25, -0.2) is 9.78 Å². The van der Waals surface area contributed by atoms with E-state index in [9.17, 15) is 4.79 Å². The van der Waals surface area contributed by atoms with Crippen LogP contribution in [0.2, 0.25) is 0 Å². The lowest BCUT2D eigenvalue weighted by Crippen LogP contribution is -2.26. The van der Waals surface area contributed by atoms with E-state index in [2.05, 4.69) is 22.6 Å². The van der Waals surface area contributed by atoms with Gasteiger partial charge in [0.15, 0.2) is 0 Å². The minimum atomic E-state index is -0.474. The average molecular weight is 256 g/mol. The standard InChI is InChI=1S/C10H16N4O2S/c1-13(2)9-11-7(6-17)5-8(12-9)16-10(15)14(3)4/h5,17H,6H2,1-4H3. The molecule has 0 aliphatic carbocycles. The summed E-state index contributed by atoms with van der Waals surface area (Å²) in [6, 6.07) is 1.60. The van der Waals surface area contributed by atoms with Crippen molar-refractivity contribution in [3.63, 3.8) is 0 Å². The zero-order valence-corrected chi connectivity index (χ0v) is 11.2. The molecule has 0 aliphatic heterocycles. The Morgan fingerprint density at radius 2 is 2.00 bits per heavy atom. The molecule has 0 radical (unpaired) electrons. The normalized spacial score (nSPS) is 9.94. The molecule has 94 valence electrons. The molecular formula is C10H16N4O2S. The summed E-state index contributed by atoms with van der Waals surface area (Å²) in [5.74, 6) is 1.17. The Kier molecular flexibility index (Phi) is 4.56. The molecule has 17 heavy (non-hydrogen) atoms. The number of hydrogen-bond donors (Lipinski definition) is 1. The van der Waals surface area contributed by atoms with Gasteiger partial charge < -0.3 is 14.5 Å². The summed E-state index contributed by atoms with van der Waals surface area (Å²) >= 11 is 4.14. The van der Waals surface area contributed by atoms with E-state index in [1.54, 1.807) is 25.1 Å². The van der Waals surface area contributed by atoms with Gasteiger partial charge in [-0.05, 0) is 0 Å². The van der Waals surface area contributed by atoms with E-state index >= 15 is 0 Å². The highest BCUT2D eigenvalue weighted by atomic mass is 32.1. The topological polar surface area (TPSA) is 58.6 Å². The lowest BCUT2D eigenvalue weighted by atomic mass is 10.4. The first kappa shape index (κ1) is 13.6. The number of amides is 1. The van der Waals surface area contributed by atoms with Crippen LogP contribution < -0.4 is 9.64 Å². The summed E-state index contributed by atoms with van der Waals surface area (Å²) in [6.45, 7) is 0. The molecule has 1 heterocycles. The number of carbonyl (C=O) groups is 1. The van der Waals surface area contributed by atoms with Crippen LogP contribution in [-0.4, -0.2) is 49.2 Å². The molecule has 0 spiro atoms. The quantitative estimate of drug-likeness (QED) is 0.819. The summed E-state index contributed by atoms with van der Waals surface area (Å²) in [5, 5.41) is 0. The molecule has 0 unspecified atom stereocenters. The van der Waals surface area contributed by atoms with Crippen LogP contribution in [0.5, 0.6) is 5.88 Å². The van der Waals surface area contributed by atoms with Gasteiger partial charge in [-0.2, -0.15) is 17.6 Å². The van der Waals surface area contributed by atoms with Crippen LogP contribution >= 0.6 is 12.6 Å². The smallest absolute Gasteiger partial charge is 0.391 e. The first-order valence-electron chi connectivity index (χ1n) is 4.99. The number of aromatic nitrogens is 2. The molecule has 0 fully saturated rings. The van der Waals surface area contributed by atoms with Crippen LogP contribution in [0.1, 0.15) is 5.69 Å². The monoisotopic (exact) mass is 256 g/mol. The van der Waals surface area contributed by atoms with Crippen molar-refractivity contribution in [2.24, 2.45) is 0 Å². The van der Waals surface area contributed by atoms with Gasteiger partial charge in [0.25, 0.3) is 0 Å². The molecule has 0 N–H and O–H groups in total. The van der Waals surface area contributed by atoms with Crippen LogP contribution in [0, 0.1) is 0 Å². The number of thiol groups is 1. The van der Waals surface area contributed by atoms with Gasteiger partial charge in [-0.1, -0.05) is 0 Å². The molecule has 1 aromatic rings. The maximum atomic E-state index is 11.4. The third-order valence-corrected chi connectivity index (χ3v) is 2.19. The maximum absolute atomic E-state index is 11.4. The van der Waals surface area contributed by atoms with Crippen molar-refractivity contribution in [2.75, 3.05) is 33.1 Å². The fourth-order valence-electron chi connectivity index (χ4n) is 0.973. The summed E-state index contributed by atoms with van der Waals surface area (Å²) in [5.41, 5.74) is 0.702. The maximum Gasteiger partial charge on any atom is 0.416 e. The number of rotatable bonds is 3. The zero-order valence-electron chi connectivity index (χ0n) is 10.3. The number of anilines is 1. The molecule has 0 aliphatic rings. The van der Waals surface area contributed by atoms with E-state index in [0.717, 1.165) is 0 Å². The van der Waals surface area contributed by atoms with Gasteiger partial charge in [0.1, 0.15) is 0 Å². The number of hydrogen-bond acceptors (Lipinski definition) is 6. The second-order valence-electron chi connectivity index (χ2n) is 3.81. The first-order chi connectivity index (χ1) is 7.93. The van der Waals surface area contributed by atoms with Crippen LogP contribution in [0.4, 0.5) is 10.7 Å². The summed E-state index contributed by atoms with van der Waals surface area (Å²) < 4.78 is 5.08. The molecule has 1 amide bonds. The third kappa shape index (κ3) is 3.77. The van der Waals surface area contributed by atoms with E-state index in [4.69, 9.17) is 4.74 Å². The Labute approximate surface area is 106 Å². The molecule has 1 aromatic heterocycles. The van der Waals surface area contributed by atoms with Crippen molar-refractivity contribution < 1.29 is 9.53 Å². The molecular weight excluding hydrogens is 240 g/mol. The SMILES string of the molecule is CN(C)C(=O)Oc1cc(CS)nc(N(C)C)n1. The molecule has 1 rings (SSSR count). The lowest BCUT2D eigenvalue weighted by Gasteiger charge is -2.14. The van der Waals surface area contributed by atoms with Crippen molar-refractivity contribution in [1.29, 1.82) is 0 Å². The van der Waals surface area contributed by atoms with Gasteiger partial charge in [-0.3, -0.25) is 0 Å². The number of carbonyl (C=O) groups excluding carboxylic acids is 1. The summed E-state index contributed by atoms with van der Waals surface area (Å²) in [6.07, 6.45) is -0.474. The summed E-state index contributed by atoms with van der Waals surface area (Å²) in [7, 11) is 6.84. The van der Waals surface area contributed by atoms with Gasteiger partial charge in [-0.15, -0.1) is 0 Å². The van der Waals surface area contributed by atoms with Crippen molar-refractivity contribution >= 4 is 24.7 Å². The van der Waals surface area contributed by atoms with Crippen molar-refractivity contribution in [2.45, 2.75) is 5.75 Å². The van der Waals surface area contributed by atoms with E-state index in [1.807, 2.05) is 14.1 Å². The molecule has 0 bridgehead atoms. The fourth-order valence-corrected chi connectivity index (χ4v) is 1.14. The van der Waals surface area contributed by atoms with Crippen LogP contribution in [-0.2, 0) is 5.75 Å². The van der Waals surface area contributed by atoms with Crippen LogP contribution in [0.3, 0.4) is 0 Å². The predicted octanol–water partition coefficient (Wildman–Crippen LogP) is 1.03. The van der Waals surface area contributed by atoms with Crippen LogP contribution in [0.25, 0.3) is 0 Å². The minimum Gasteiger partial charge on any atom is -0.391 e. The van der Waals surface area contributed by atoms with E-state index in [0.29, 0.717) is 17.4 Å². The molecule has 0 saturated carbocycles. The Morgan fingerprint density at radius 3 is 2.47 bits per heavy atom. The van der Waals surface area contributed by atoms with Gasteiger partial charge >= 0.3 is 6.09 Å². The molecule has 0 atom stereocenters. The Bertz CT molecular complexity index is 409. The van der Waals surface area contributed by atoms with Crippen molar-refractivity contribution in [3.8, 4) is 5.88 Å². The number of nitrogens with zero attached hydrogens (tertiary/aromatic N) is 4. The number of ether oxygens (including phenoxy) is 1. The molecule has 6 nitrogen and oxygen atoms in total. The third-order valence-electron chi connectivity index (χ3n) is 1.86. The van der Waals surface area contributed by atoms with E-state index in [-0.39, 0.29) is 5.88 Å². The zero-order chi connectivity index (χ0) is 13.0. The second-order valence-corrected chi connectivity index (χ2v) is 4.13. The van der Waals surface area contributed by atoms with Crippen molar-refractivity contribution in [1.82, 2.24) is 14.9 Å². The van der Waals surface area contributed by atoms with Crippen molar-refractivity contribution in [3.05, 3.63) is 11.8 Å². The van der Waals surface area contributed by atoms with Gasteiger partial charge in [0.2, 0.25) is 11.8 Å². The lowest BCUT2D eigenvalue weighted by molar-refractivity contribution is 0.170. The molecule has 7 heteroatoms. The highest BCUT2D eigenvalue weighted by Crippen LogP contribution is 2.16. The first-order valence-corrected chi connectivity index (χ1v) is 5.62. The minimum absolute atomic E-state index is 0.228. The average Bonchev–Trinajstić information content (AvgIpc) is 2.28. The largest absolute Gasteiger partial charge is 0.416 e. The highest BCUT2D eigenvalue weighted by molar-refractivity contribution is 7.79. The fraction of sp³-hybridized carbons (Fsp3) is 0.500. The van der Waals surface area contributed by atoms with E-state index < -0.39 is 6.09 Å². The van der Waals surface area contributed by atoms with E-state index in [1.165, 1.54) is 4.90 Å². The Morgan fingerprint density at radius 1 is 1.35 bits per heavy atom. The Hall–Kier alpha value is -1.50. The molecule has 0 aromatic carbocycles. The van der Waals surface area contributed by atoms with Gasteiger partial charge in [0.05, 0.1) is 5.69 Å². The summed E-state index contributed by atoms with van der Waals surface area (Å²) in [4.78, 5) is 22.8. The second kappa shape index (κ2) is 5.72.